The molecule has 1 N–H and O–H groups in total. The predicted octanol–water partition coefficient (Wildman–Crippen LogP) is 29.0. The Morgan fingerprint density at radius 1 is 0.301 bits per heavy atom. The minimum absolute atomic E-state index is 0.179. The lowest BCUT2D eigenvalue weighted by Gasteiger charge is -2.25. The van der Waals surface area contributed by atoms with Crippen LogP contribution in [-0.4, -0.2) is 87.4 Å². The highest BCUT2D eigenvalue weighted by atomic mass is 16.7. The number of nitrogens with zero attached hydrogens (tertiary/aromatic N) is 1. The van der Waals surface area contributed by atoms with Crippen LogP contribution < -0.4 is 0 Å². The SMILES string of the molecule is CC/C=C\C/C=C\C/C=C\C/C=C\C/C=C\C/C=C\C/C=C\C/C=C\CCCCCCCCCCCCCCCCCCC(=O)OC(COC(=O)CCCCCCCCCCCCCCCCCCCCCCCCCCCCCCCCCCCCCCC)COC(OCC[N+](C)(C)C)C(=O)O. The minimum Gasteiger partial charge on any atom is -0.477 e. The Bertz CT molecular complexity index is 2030. The van der Waals surface area contributed by atoms with E-state index >= 15 is 0 Å². The Kier molecular flexibility index (Phi) is 80.8. The molecule has 0 aliphatic heterocycles. The van der Waals surface area contributed by atoms with Crippen molar-refractivity contribution in [2.75, 3.05) is 47.5 Å². The fourth-order valence-electron chi connectivity index (χ4n) is 13.2. The summed E-state index contributed by atoms with van der Waals surface area (Å²) >= 11 is 0. The first kappa shape index (κ1) is 99.2. The van der Waals surface area contributed by atoms with Crippen molar-refractivity contribution in [2.24, 2.45) is 0 Å². The van der Waals surface area contributed by atoms with Crippen LogP contribution >= 0.6 is 0 Å². The molecule has 0 aliphatic rings. The van der Waals surface area contributed by atoms with E-state index in [1.165, 1.54) is 308 Å². The van der Waals surface area contributed by atoms with Gasteiger partial charge >= 0.3 is 17.9 Å². The van der Waals surface area contributed by atoms with E-state index in [1.54, 1.807) is 0 Å². The lowest BCUT2D eigenvalue weighted by Crippen LogP contribution is -2.40. The number of esters is 2. The lowest BCUT2D eigenvalue weighted by atomic mass is 10.0. The maximum absolute atomic E-state index is 13.0. The van der Waals surface area contributed by atoms with Gasteiger partial charge in [-0.1, -0.05) is 432 Å². The zero-order valence-electron chi connectivity index (χ0n) is 68.7. The standard InChI is InChI=1S/C94H169NO8/c1-6-8-10-12-14-16-18-20-22-24-26-28-30-32-34-36-38-40-42-44-45-46-47-49-51-53-55-57-59-61-63-65-67-69-71-73-75-77-79-81-83-85-92(97)103-90(89-102-94(93(98)99)100-87-86-95(3,4)5)88-101-91(96)84-82-80-78-76-74-72-70-68-66-64-62-60-58-56-54-52-50-48-43-41-39-37-35-33-31-29-27-25-23-21-19-17-15-13-11-9-7-2/h8,10,14,16,20,22,26,28,32,34,38,40,44-45,47,49,90,94H,6-7,9,11-13,15,17-19,21,23-25,27,29-31,33,35-37,39,41-43,46,48,50-89H2,1-5H3/p+1/b10-8-,16-14-,22-20-,28-26-,34-32-,40-38-,45-44-,49-47-. The summed E-state index contributed by atoms with van der Waals surface area (Å²) in [6, 6.07) is 0. The molecule has 0 aromatic rings. The second kappa shape index (κ2) is 83.8. The molecule has 0 amide bonds. The Morgan fingerprint density at radius 2 is 0.553 bits per heavy atom. The van der Waals surface area contributed by atoms with E-state index in [0.29, 0.717) is 17.4 Å². The van der Waals surface area contributed by atoms with Crippen LogP contribution in [0.3, 0.4) is 0 Å². The van der Waals surface area contributed by atoms with Crippen molar-refractivity contribution in [1.82, 2.24) is 0 Å². The van der Waals surface area contributed by atoms with Gasteiger partial charge in [-0.25, -0.2) is 4.79 Å². The third kappa shape index (κ3) is 85.3. The van der Waals surface area contributed by atoms with Gasteiger partial charge in [0.2, 0.25) is 0 Å². The van der Waals surface area contributed by atoms with Crippen LogP contribution in [0.25, 0.3) is 0 Å². The number of allylic oxidation sites excluding steroid dienone is 16. The molecule has 598 valence electrons. The number of hydrogen-bond acceptors (Lipinski definition) is 7. The minimum atomic E-state index is -1.51. The number of unbranched alkanes of at least 4 members (excludes halogenated alkanes) is 52. The van der Waals surface area contributed by atoms with Crippen molar-refractivity contribution < 1.29 is 42.9 Å². The number of rotatable bonds is 83. The molecule has 0 spiro atoms. The van der Waals surface area contributed by atoms with Gasteiger partial charge in [0.15, 0.2) is 6.10 Å². The Hall–Kier alpha value is -3.79. The fraction of sp³-hybridized carbons (Fsp3) is 0.798. The second-order valence-corrected chi connectivity index (χ2v) is 31.2. The predicted molar refractivity (Wildman–Crippen MR) is 447 cm³/mol. The maximum Gasteiger partial charge on any atom is 0.361 e. The van der Waals surface area contributed by atoms with Gasteiger partial charge in [-0.3, -0.25) is 9.59 Å². The number of carbonyl (C=O) groups is 3. The summed E-state index contributed by atoms with van der Waals surface area (Å²) in [5, 5.41) is 9.79. The van der Waals surface area contributed by atoms with E-state index in [0.717, 1.165) is 89.9 Å². The molecule has 0 aromatic heterocycles. The van der Waals surface area contributed by atoms with Gasteiger partial charge in [0.1, 0.15) is 13.2 Å². The summed E-state index contributed by atoms with van der Waals surface area (Å²) in [5.41, 5.74) is 0. The molecule has 9 heteroatoms. The first-order valence-corrected chi connectivity index (χ1v) is 44.4. The van der Waals surface area contributed by atoms with E-state index in [4.69, 9.17) is 18.9 Å². The molecule has 9 nitrogen and oxygen atoms in total. The Morgan fingerprint density at radius 3 is 0.825 bits per heavy atom. The molecule has 0 aliphatic carbocycles. The van der Waals surface area contributed by atoms with Crippen LogP contribution in [-0.2, 0) is 33.3 Å². The first-order valence-electron chi connectivity index (χ1n) is 44.4. The van der Waals surface area contributed by atoms with Crippen molar-refractivity contribution in [3.05, 3.63) is 97.2 Å². The number of ether oxygens (including phenoxy) is 4. The van der Waals surface area contributed by atoms with E-state index < -0.39 is 18.4 Å². The number of hydrogen-bond donors (Lipinski definition) is 1. The highest BCUT2D eigenvalue weighted by molar-refractivity contribution is 5.71. The fourth-order valence-corrected chi connectivity index (χ4v) is 13.2. The van der Waals surface area contributed by atoms with Gasteiger partial charge in [-0.2, -0.15) is 0 Å². The molecule has 0 rings (SSSR count). The van der Waals surface area contributed by atoms with Crippen molar-refractivity contribution in [2.45, 2.75) is 437 Å². The normalized spacial score (nSPS) is 13.1. The lowest BCUT2D eigenvalue weighted by molar-refractivity contribution is -0.870. The van der Waals surface area contributed by atoms with Gasteiger partial charge in [0, 0.05) is 12.8 Å². The average molecular weight is 1440 g/mol. The third-order valence-electron chi connectivity index (χ3n) is 19.9. The quantitative estimate of drug-likeness (QED) is 0.0211. The van der Waals surface area contributed by atoms with Crippen molar-refractivity contribution in [3.63, 3.8) is 0 Å². The number of carbonyl (C=O) groups excluding carboxylic acids is 2. The zero-order valence-corrected chi connectivity index (χ0v) is 68.7. The van der Waals surface area contributed by atoms with Crippen LogP contribution in [0.1, 0.15) is 425 Å². The Balaban J connectivity index is 3.95. The third-order valence-corrected chi connectivity index (χ3v) is 19.9. The number of aliphatic carboxylic acids is 1. The molecule has 103 heavy (non-hydrogen) atoms. The van der Waals surface area contributed by atoms with Crippen LogP contribution in [0.5, 0.6) is 0 Å². The second-order valence-electron chi connectivity index (χ2n) is 31.2. The van der Waals surface area contributed by atoms with Gasteiger partial charge in [0.25, 0.3) is 6.29 Å². The number of quaternary nitrogens is 1. The summed E-state index contributed by atoms with van der Waals surface area (Å²) in [6.45, 7) is 4.83. The van der Waals surface area contributed by atoms with Crippen molar-refractivity contribution >= 4 is 17.9 Å². The molecule has 0 radical (unpaired) electrons. The highest BCUT2D eigenvalue weighted by Crippen LogP contribution is 2.20. The van der Waals surface area contributed by atoms with Gasteiger partial charge in [-0.15, -0.1) is 0 Å². The topological polar surface area (TPSA) is 108 Å². The van der Waals surface area contributed by atoms with E-state index in [9.17, 15) is 19.5 Å². The maximum atomic E-state index is 13.0. The van der Waals surface area contributed by atoms with Crippen LogP contribution in [0, 0.1) is 0 Å². The first-order chi connectivity index (χ1) is 50.6. The molecule has 0 bridgehead atoms. The van der Waals surface area contributed by atoms with Gasteiger partial charge in [0.05, 0.1) is 34.4 Å². The zero-order chi connectivity index (χ0) is 74.6. The molecular formula is C94H170NO8+. The van der Waals surface area contributed by atoms with Gasteiger partial charge in [-0.05, 0) is 77.0 Å². The van der Waals surface area contributed by atoms with Crippen molar-refractivity contribution in [1.29, 1.82) is 0 Å². The molecule has 0 saturated carbocycles. The van der Waals surface area contributed by atoms with Crippen LogP contribution in [0.15, 0.2) is 97.2 Å². The molecular weight excluding hydrogens is 1270 g/mol. The van der Waals surface area contributed by atoms with E-state index in [1.807, 2.05) is 21.1 Å². The Labute approximate surface area is 639 Å². The number of carboxylic acid groups (broad SMARTS) is 1. The molecule has 0 aromatic carbocycles. The van der Waals surface area contributed by atoms with Gasteiger partial charge < -0.3 is 28.5 Å². The van der Waals surface area contributed by atoms with Crippen molar-refractivity contribution in [3.8, 4) is 0 Å². The smallest absolute Gasteiger partial charge is 0.361 e. The number of likely N-dealkylation sites (N-methyl/N-ethyl adjacent to an activating group) is 1. The summed E-state index contributed by atoms with van der Waals surface area (Å²) in [7, 11) is 6.00. The summed E-state index contributed by atoms with van der Waals surface area (Å²) in [4.78, 5) is 37.8. The molecule has 2 atom stereocenters. The number of carboxylic acids is 1. The van der Waals surface area contributed by atoms with E-state index in [-0.39, 0.29) is 38.2 Å². The highest BCUT2D eigenvalue weighted by Gasteiger charge is 2.25. The molecule has 2 unspecified atom stereocenters. The summed E-state index contributed by atoms with van der Waals surface area (Å²) in [6.07, 6.45) is 115. The monoisotopic (exact) mass is 1440 g/mol. The van der Waals surface area contributed by atoms with E-state index in [2.05, 4.69) is 111 Å². The summed E-state index contributed by atoms with van der Waals surface area (Å²) in [5.74, 6) is -1.98. The summed E-state index contributed by atoms with van der Waals surface area (Å²) < 4.78 is 23.1. The average Bonchev–Trinajstić information content (AvgIpc) is 1.01. The van der Waals surface area contributed by atoms with Crippen LogP contribution in [0.4, 0.5) is 0 Å². The molecule has 0 fully saturated rings. The van der Waals surface area contributed by atoms with Crippen LogP contribution in [0.2, 0.25) is 0 Å². The molecule has 0 heterocycles. The largest absolute Gasteiger partial charge is 0.477 e. The molecule has 0 saturated heterocycles.